The molecule has 0 aliphatic carbocycles. The number of hydrogen-bond donors (Lipinski definition) is 2. The van der Waals surface area contributed by atoms with Crippen LogP contribution >= 0.6 is 0 Å². The summed E-state index contributed by atoms with van der Waals surface area (Å²) in [6.45, 7) is 4.50. The van der Waals surface area contributed by atoms with E-state index in [4.69, 9.17) is 0 Å². The average molecular weight is 207 g/mol. The fraction of sp³-hybridized carbons (Fsp3) is 0.455. The summed E-state index contributed by atoms with van der Waals surface area (Å²) in [6.07, 6.45) is 2.19. The molecule has 15 heavy (non-hydrogen) atoms. The van der Waals surface area contributed by atoms with Crippen molar-refractivity contribution in [3.63, 3.8) is 0 Å². The highest BCUT2D eigenvalue weighted by atomic mass is 16.1. The lowest BCUT2D eigenvalue weighted by Gasteiger charge is -2.08. The van der Waals surface area contributed by atoms with Crippen molar-refractivity contribution >= 4 is 11.7 Å². The molecule has 4 nitrogen and oxygen atoms in total. The number of hydrogen-bond acceptors (Lipinski definition) is 3. The highest BCUT2D eigenvalue weighted by molar-refractivity contribution is 5.76. The van der Waals surface area contributed by atoms with Gasteiger partial charge in [-0.1, -0.05) is 6.07 Å². The van der Waals surface area contributed by atoms with Gasteiger partial charge in [-0.05, 0) is 26.0 Å². The number of aromatic nitrogens is 1. The van der Waals surface area contributed by atoms with Gasteiger partial charge in [0.15, 0.2) is 0 Å². The third-order valence-corrected chi connectivity index (χ3v) is 1.77. The van der Waals surface area contributed by atoms with Crippen molar-refractivity contribution in [3.8, 4) is 0 Å². The molecule has 1 rings (SSSR count). The van der Waals surface area contributed by atoms with Gasteiger partial charge in [-0.3, -0.25) is 4.79 Å². The van der Waals surface area contributed by atoms with Crippen molar-refractivity contribution in [2.24, 2.45) is 0 Å². The van der Waals surface area contributed by atoms with E-state index in [0.717, 1.165) is 5.82 Å². The monoisotopic (exact) mass is 207 g/mol. The van der Waals surface area contributed by atoms with Crippen LogP contribution in [0.3, 0.4) is 0 Å². The molecule has 82 valence electrons. The van der Waals surface area contributed by atoms with Crippen LogP contribution in [0.25, 0.3) is 0 Å². The molecule has 0 spiro atoms. The first kappa shape index (κ1) is 11.5. The molecule has 0 aromatic carbocycles. The smallest absolute Gasteiger partial charge is 0.221 e. The highest BCUT2D eigenvalue weighted by Crippen LogP contribution is 1.99. The van der Waals surface area contributed by atoms with Gasteiger partial charge in [0.25, 0.3) is 0 Å². The van der Waals surface area contributed by atoms with Crippen molar-refractivity contribution in [1.82, 2.24) is 10.3 Å². The summed E-state index contributed by atoms with van der Waals surface area (Å²) in [5.74, 6) is 0.864. The predicted octanol–water partition coefficient (Wildman–Crippen LogP) is 1.41. The highest BCUT2D eigenvalue weighted by Gasteiger charge is 2.02. The van der Waals surface area contributed by atoms with Gasteiger partial charge in [0.05, 0.1) is 0 Å². The van der Waals surface area contributed by atoms with Crippen molar-refractivity contribution in [1.29, 1.82) is 0 Å². The zero-order valence-electron chi connectivity index (χ0n) is 9.16. The van der Waals surface area contributed by atoms with E-state index < -0.39 is 0 Å². The zero-order valence-corrected chi connectivity index (χ0v) is 9.16. The quantitative estimate of drug-likeness (QED) is 0.767. The molecule has 0 fully saturated rings. The van der Waals surface area contributed by atoms with Crippen LogP contribution in [0, 0.1) is 0 Å². The van der Waals surface area contributed by atoms with E-state index in [1.165, 1.54) is 0 Å². The Hall–Kier alpha value is -1.58. The summed E-state index contributed by atoms with van der Waals surface area (Å²) in [5, 5.41) is 5.91. The van der Waals surface area contributed by atoms with E-state index in [1.807, 2.05) is 32.0 Å². The van der Waals surface area contributed by atoms with Gasteiger partial charge in [0.2, 0.25) is 5.91 Å². The van der Waals surface area contributed by atoms with Crippen LogP contribution in [0.2, 0.25) is 0 Å². The molecule has 0 unspecified atom stereocenters. The molecule has 1 aromatic rings. The molecule has 0 bridgehead atoms. The Labute approximate surface area is 90.1 Å². The number of nitrogens with one attached hydrogen (secondary N) is 2. The van der Waals surface area contributed by atoms with Crippen molar-refractivity contribution < 1.29 is 4.79 Å². The fourth-order valence-corrected chi connectivity index (χ4v) is 1.17. The van der Waals surface area contributed by atoms with Gasteiger partial charge in [-0.2, -0.15) is 0 Å². The first-order chi connectivity index (χ1) is 7.18. The minimum atomic E-state index is 0.0634. The van der Waals surface area contributed by atoms with E-state index in [-0.39, 0.29) is 11.9 Å². The third-order valence-electron chi connectivity index (χ3n) is 1.77. The van der Waals surface area contributed by atoms with Gasteiger partial charge in [-0.15, -0.1) is 0 Å². The number of nitrogens with zero attached hydrogens (tertiary/aromatic N) is 1. The minimum absolute atomic E-state index is 0.0634. The lowest BCUT2D eigenvalue weighted by Crippen LogP contribution is -2.31. The second-order valence-electron chi connectivity index (χ2n) is 3.61. The van der Waals surface area contributed by atoms with Crippen molar-refractivity contribution in [2.45, 2.75) is 26.3 Å². The van der Waals surface area contributed by atoms with Gasteiger partial charge < -0.3 is 10.6 Å². The predicted molar refractivity (Wildman–Crippen MR) is 60.6 cm³/mol. The molecule has 2 N–H and O–H groups in total. The first-order valence-electron chi connectivity index (χ1n) is 5.13. The molecule has 1 aromatic heterocycles. The van der Waals surface area contributed by atoms with Crippen molar-refractivity contribution in [2.75, 3.05) is 11.9 Å². The Morgan fingerprint density at radius 2 is 2.27 bits per heavy atom. The molecule has 0 atom stereocenters. The number of rotatable bonds is 5. The first-order valence-corrected chi connectivity index (χ1v) is 5.13. The second-order valence-corrected chi connectivity index (χ2v) is 3.61. The van der Waals surface area contributed by atoms with Crippen LogP contribution in [-0.4, -0.2) is 23.5 Å². The minimum Gasteiger partial charge on any atom is -0.370 e. The van der Waals surface area contributed by atoms with Gasteiger partial charge in [0.1, 0.15) is 5.82 Å². The fourth-order valence-electron chi connectivity index (χ4n) is 1.17. The molecule has 4 heteroatoms. The molecule has 0 saturated carbocycles. The number of pyridine rings is 1. The van der Waals surface area contributed by atoms with Gasteiger partial charge in [-0.25, -0.2) is 4.98 Å². The third kappa shape index (κ3) is 5.00. The maximum atomic E-state index is 11.3. The summed E-state index contributed by atoms with van der Waals surface area (Å²) in [7, 11) is 0. The van der Waals surface area contributed by atoms with Crippen LogP contribution in [0.1, 0.15) is 20.3 Å². The molecule has 1 heterocycles. The second kappa shape index (κ2) is 6.01. The standard InChI is InChI=1S/C11H17N3O/c1-9(2)14-11(15)6-8-13-10-5-3-4-7-12-10/h3-5,7,9H,6,8H2,1-2H3,(H,12,13)(H,14,15). The summed E-state index contributed by atoms with van der Waals surface area (Å²) in [4.78, 5) is 15.4. The van der Waals surface area contributed by atoms with E-state index in [2.05, 4.69) is 15.6 Å². The normalized spacial score (nSPS) is 10.1. The summed E-state index contributed by atoms with van der Waals surface area (Å²) in [5.41, 5.74) is 0. The Kier molecular flexibility index (Phi) is 4.60. The van der Waals surface area contributed by atoms with Crippen LogP contribution in [0.15, 0.2) is 24.4 Å². The maximum Gasteiger partial charge on any atom is 0.221 e. The average Bonchev–Trinajstić information content (AvgIpc) is 2.18. The molecule has 0 aliphatic heterocycles. The molecular formula is C11H17N3O. The summed E-state index contributed by atoms with van der Waals surface area (Å²) in [6, 6.07) is 5.84. The van der Waals surface area contributed by atoms with E-state index >= 15 is 0 Å². The van der Waals surface area contributed by atoms with Gasteiger partial charge >= 0.3 is 0 Å². The largest absolute Gasteiger partial charge is 0.370 e. The number of amides is 1. The maximum absolute atomic E-state index is 11.3. The topological polar surface area (TPSA) is 54.0 Å². The Balaban J connectivity index is 2.19. The molecule has 1 amide bonds. The van der Waals surface area contributed by atoms with Gasteiger partial charge in [0, 0.05) is 25.2 Å². The Morgan fingerprint density at radius 3 is 2.87 bits per heavy atom. The zero-order chi connectivity index (χ0) is 11.1. The molecule has 0 aliphatic rings. The SMILES string of the molecule is CC(C)NC(=O)CCNc1ccccn1. The molecule has 0 radical (unpaired) electrons. The number of carbonyl (C=O) groups is 1. The molecular weight excluding hydrogens is 190 g/mol. The van der Waals surface area contributed by atoms with E-state index in [1.54, 1.807) is 6.20 Å². The summed E-state index contributed by atoms with van der Waals surface area (Å²) >= 11 is 0. The lowest BCUT2D eigenvalue weighted by atomic mass is 10.3. The van der Waals surface area contributed by atoms with Crippen LogP contribution in [0.4, 0.5) is 5.82 Å². The van der Waals surface area contributed by atoms with Crippen LogP contribution in [0.5, 0.6) is 0 Å². The van der Waals surface area contributed by atoms with E-state index in [9.17, 15) is 4.79 Å². The lowest BCUT2D eigenvalue weighted by molar-refractivity contribution is -0.121. The Bertz CT molecular complexity index is 298. The van der Waals surface area contributed by atoms with Crippen LogP contribution < -0.4 is 10.6 Å². The number of anilines is 1. The Morgan fingerprint density at radius 1 is 1.47 bits per heavy atom. The van der Waals surface area contributed by atoms with Crippen molar-refractivity contribution in [3.05, 3.63) is 24.4 Å². The molecule has 0 saturated heterocycles. The number of carbonyl (C=O) groups excluding carboxylic acids is 1. The van der Waals surface area contributed by atoms with Crippen LogP contribution in [-0.2, 0) is 4.79 Å². The summed E-state index contributed by atoms with van der Waals surface area (Å²) < 4.78 is 0. The van der Waals surface area contributed by atoms with E-state index in [0.29, 0.717) is 13.0 Å².